The van der Waals surface area contributed by atoms with Crippen molar-refractivity contribution in [3.05, 3.63) is 76.0 Å². The second kappa shape index (κ2) is 9.75. The maximum absolute atomic E-state index is 12.6. The number of thiophene rings is 1. The molecule has 0 bridgehead atoms. The second-order valence-electron chi connectivity index (χ2n) is 6.27. The summed E-state index contributed by atoms with van der Waals surface area (Å²) in [6.07, 6.45) is 0. The number of amides is 1. The van der Waals surface area contributed by atoms with Gasteiger partial charge >= 0.3 is 0 Å². The molecule has 0 atom stereocenters. The Morgan fingerprint density at radius 2 is 1.80 bits per heavy atom. The van der Waals surface area contributed by atoms with Gasteiger partial charge in [-0.25, -0.2) is 13.1 Å². The van der Waals surface area contributed by atoms with Crippen LogP contribution in [0.2, 0.25) is 0 Å². The van der Waals surface area contributed by atoms with Crippen LogP contribution in [0.5, 0.6) is 11.5 Å². The van der Waals surface area contributed by atoms with E-state index >= 15 is 0 Å². The zero-order chi connectivity index (χ0) is 21.6. The lowest BCUT2D eigenvalue weighted by atomic mass is 10.1. The number of hydrogen-bond acceptors (Lipinski definition) is 6. The summed E-state index contributed by atoms with van der Waals surface area (Å²) in [6.45, 7) is 0.402. The number of benzene rings is 2. The zero-order valence-electron chi connectivity index (χ0n) is 16.5. The van der Waals surface area contributed by atoms with Gasteiger partial charge in [-0.2, -0.15) is 0 Å². The van der Waals surface area contributed by atoms with Gasteiger partial charge in [-0.15, -0.1) is 11.3 Å². The Hall–Kier alpha value is -2.88. The number of rotatable bonds is 9. The highest BCUT2D eigenvalue weighted by atomic mass is 32.2. The van der Waals surface area contributed by atoms with Crippen LogP contribution in [0.15, 0.2) is 64.9 Å². The van der Waals surface area contributed by atoms with E-state index in [0.717, 1.165) is 10.4 Å². The fourth-order valence-corrected chi connectivity index (χ4v) is 4.63. The molecule has 7 nitrogen and oxygen atoms in total. The molecular weight excluding hydrogens is 424 g/mol. The van der Waals surface area contributed by atoms with Crippen LogP contribution in [0.4, 0.5) is 0 Å². The van der Waals surface area contributed by atoms with Crippen LogP contribution >= 0.6 is 11.3 Å². The van der Waals surface area contributed by atoms with Gasteiger partial charge in [0.05, 0.1) is 19.1 Å². The number of carbonyl (C=O) groups is 1. The fourth-order valence-electron chi connectivity index (χ4n) is 2.84. The smallest absolute Gasteiger partial charge is 0.251 e. The number of carbonyl (C=O) groups excluding carboxylic acids is 1. The molecule has 0 aliphatic carbocycles. The van der Waals surface area contributed by atoms with Crippen molar-refractivity contribution in [1.29, 1.82) is 0 Å². The predicted molar refractivity (Wildman–Crippen MR) is 116 cm³/mol. The summed E-state index contributed by atoms with van der Waals surface area (Å²) in [7, 11) is -0.670. The van der Waals surface area contributed by atoms with E-state index in [0.29, 0.717) is 11.5 Å². The van der Waals surface area contributed by atoms with E-state index in [1.54, 1.807) is 31.4 Å². The normalized spacial score (nSPS) is 11.1. The van der Waals surface area contributed by atoms with Gasteiger partial charge in [-0.3, -0.25) is 4.79 Å². The van der Waals surface area contributed by atoms with Crippen molar-refractivity contribution in [2.24, 2.45) is 0 Å². The molecule has 9 heteroatoms. The molecule has 0 spiro atoms. The van der Waals surface area contributed by atoms with E-state index in [1.165, 1.54) is 30.6 Å². The van der Waals surface area contributed by atoms with Crippen molar-refractivity contribution in [2.75, 3.05) is 14.2 Å². The van der Waals surface area contributed by atoms with E-state index in [2.05, 4.69) is 10.0 Å². The topological polar surface area (TPSA) is 93.7 Å². The van der Waals surface area contributed by atoms with Crippen molar-refractivity contribution in [1.82, 2.24) is 10.0 Å². The summed E-state index contributed by atoms with van der Waals surface area (Å²) in [5.74, 6) is 0.707. The Balaban J connectivity index is 1.70. The van der Waals surface area contributed by atoms with Crippen LogP contribution < -0.4 is 19.5 Å². The summed E-state index contributed by atoms with van der Waals surface area (Å²) in [5, 5.41) is 4.67. The number of nitrogens with one attached hydrogen (secondary N) is 2. The molecule has 2 N–H and O–H groups in total. The van der Waals surface area contributed by atoms with Gasteiger partial charge in [0.15, 0.2) is 11.5 Å². The Labute approximate surface area is 179 Å². The van der Waals surface area contributed by atoms with Gasteiger partial charge in [0.1, 0.15) is 0 Å². The fraction of sp³-hybridized carbons (Fsp3) is 0.190. The van der Waals surface area contributed by atoms with Crippen molar-refractivity contribution in [3.8, 4) is 11.5 Å². The molecule has 3 rings (SSSR count). The van der Waals surface area contributed by atoms with Crippen LogP contribution in [0.1, 0.15) is 20.8 Å². The first-order valence-corrected chi connectivity index (χ1v) is 11.4. The van der Waals surface area contributed by atoms with E-state index in [9.17, 15) is 13.2 Å². The van der Waals surface area contributed by atoms with Crippen LogP contribution in [-0.2, 0) is 23.1 Å². The van der Waals surface area contributed by atoms with Gasteiger partial charge in [0.25, 0.3) is 5.91 Å². The van der Waals surface area contributed by atoms with Crippen molar-refractivity contribution in [2.45, 2.75) is 18.0 Å². The summed E-state index contributed by atoms with van der Waals surface area (Å²) in [5.41, 5.74) is 0.988. The first kappa shape index (κ1) is 21.8. The third kappa shape index (κ3) is 5.18. The molecule has 0 aliphatic heterocycles. The molecule has 158 valence electrons. The third-order valence-electron chi connectivity index (χ3n) is 4.35. The molecule has 0 radical (unpaired) electrons. The summed E-state index contributed by atoms with van der Waals surface area (Å²) >= 11 is 1.47. The average molecular weight is 447 g/mol. The van der Waals surface area contributed by atoms with Crippen molar-refractivity contribution in [3.63, 3.8) is 0 Å². The lowest BCUT2D eigenvalue weighted by Gasteiger charge is -2.13. The molecule has 0 saturated heterocycles. The van der Waals surface area contributed by atoms with Crippen LogP contribution in [-0.4, -0.2) is 28.5 Å². The predicted octanol–water partition coefficient (Wildman–Crippen LogP) is 3.17. The van der Waals surface area contributed by atoms with E-state index in [-0.39, 0.29) is 23.5 Å². The van der Waals surface area contributed by atoms with Crippen molar-refractivity contribution >= 4 is 27.3 Å². The minimum absolute atomic E-state index is 0.0330. The molecule has 1 amide bonds. The second-order valence-corrected chi connectivity index (χ2v) is 9.07. The number of hydrogen-bond donors (Lipinski definition) is 2. The van der Waals surface area contributed by atoms with Gasteiger partial charge in [0.2, 0.25) is 10.0 Å². The lowest BCUT2D eigenvalue weighted by Crippen LogP contribution is -2.25. The molecular formula is C21H22N2O5S2. The highest BCUT2D eigenvalue weighted by molar-refractivity contribution is 7.89. The molecule has 0 aliphatic rings. The zero-order valence-corrected chi connectivity index (χ0v) is 18.2. The molecule has 0 saturated carbocycles. The Bertz CT molecular complexity index is 1110. The van der Waals surface area contributed by atoms with Gasteiger partial charge in [-0.1, -0.05) is 24.3 Å². The van der Waals surface area contributed by atoms with E-state index in [1.807, 2.05) is 23.6 Å². The van der Waals surface area contributed by atoms with Crippen LogP contribution in [0.25, 0.3) is 0 Å². The summed E-state index contributed by atoms with van der Waals surface area (Å²) in [6, 6.07) is 15.0. The minimum atomic E-state index is -3.74. The third-order valence-corrected chi connectivity index (χ3v) is 6.62. The van der Waals surface area contributed by atoms with Crippen LogP contribution in [0, 0.1) is 0 Å². The lowest BCUT2D eigenvalue weighted by molar-refractivity contribution is 0.0950. The number of methoxy groups -OCH3 is 2. The maximum atomic E-state index is 12.6. The molecule has 2 aromatic carbocycles. The average Bonchev–Trinajstić information content (AvgIpc) is 3.29. The van der Waals surface area contributed by atoms with Gasteiger partial charge in [0, 0.05) is 29.1 Å². The first-order valence-electron chi connectivity index (χ1n) is 9.05. The Morgan fingerprint density at radius 1 is 1.00 bits per heavy atom. The highest BCUT2D eigenvalue weighted by Gasteiger charge is 2.17. The number of para-hydroxylation sites is 1. The highest BCUT2D eigenvalue weighted by Crippen LogP contribution is 2.30. The van der Waals surface area contributed by atoms with E-state index < -0.39 is 15.9 Å². The minimum Gasteiger partial charge on any atom is -0.493 e. The SMILES string of the molecule is COc1cccc(CNC(=O)c2cccc(S(=O)(=O)NCc3cccs3)c2)c1OC. The molecule has 0 fully saturated rings. The van der Waals surface area contributed by atoms with Gasteiger partial charge in [-0.05, 0) is 35.7 Å². The Kier molecular flexibility index (Phi) is 7.09. The molecule has 1 aromatic heterocycles. The largest absolute Gasteiger partial charge is 0.493 e. The quantitative estimate of drug-likeness (QED) is 0.527. The monoisotopic (exact) mass is 446 g/mol. The van der Waals surface area contributed by atoms with E-state index in [4.69, 9.17) is 9.47 Å². The Morgan fingerprint density at radius 3 is 2.50 bits per heavy atom. The number of ether oxygens (including phenoxy) is 2. The summed E-state index contributed by atoms with van der Waals surface area (Å²) in [4.78, 5) is 13.5. The first-order chi connectivity index (χ1) is 14.4. The number of sulfonamides is 1. The van der Waals surface area contributed by atoms with Gasteiger partial charge < -0.3 is 14.8 Å². The van der Waals surface area contributed by atoms with Crippen LogP contribution in [0.3, 0.4) is 0 Å². The molecule has 0 unspecified atom stereocenters. The molecule has 3 aromatic rings. The molecule has 1 heterocycles. The molecule has 30 heavy (non-hydrogen) atoms. The maximum Gasteiger partial charge on any atom is 0.251 e. The standard InChI is InChI=1S/C21H22N2O5S2/c1-27-19-10-4-7-16(20(19)28-2)13-22-21(24)15-6-3-9-18(12-15)30(25,26)23-14-17-8-5-11-29-17/h3-12,23H,13-14H2,1-2H3,(H,22,24). The summed E-state index contributed by atoms with van der Waals surface area (Å²) < 4.78 is 38.3. The van der Waals surface area contributed by atoms with Crippen molar-refractivity contribution < 1.29 is 22.7 Å².